The van der Waals surface area contributed by atoms with Crippen LogP contribution >= 0.6 is 11.6 Å². The molecule has 1 aliphatic rings. The molecule has 1 saturated heterocycles. The van der Waals surface area contributed by atoms with Crippen LogP contribution in [0.1, 0.15) is 5.56 Å². The molecule has 0 bridgehead atoms. The predicted octanol–water partition coefficient (Wildman–Crippen LogP) is 3.29. The third kappa shape index (κ3) is 3.17. The highest BCUT2D eigenvalue weighted by Gasteiger charge is 2.30. The van der Waals surface area contributed by atoms with E-state index in [-0.39, 0.29) is 10.7 Å². The molecule has 3 heterocycles. The van der Waals surface area contributed by atoms with Gasteiger partial charge in [0.05, 0.1) is 24.8 Å². The first-order valence-electron chi connectivity index (χ1n) is 7.71. The van der Waals surface area contributed by atoms with Gasteiger partial charge in [-0.25, -0.2) is 9.97 Å². The van der Waals surface area contributed by atoms with E-state index in [2.05, 4.69) is 15.3 Å². The van der Waals surface area contributed by atoms with E-state index in [4.69, 9.17) is 16.3 Å². The Bertz CT molecular complexity index is 936. The third-order valence-corrected chi connectivity index (χ3v) is 4.50. The normalized spacial score (nSPS) is 15.8. The summed E-state index contributed by atoms with van der Waals surface area (Å²) in [6, 6.07) is 5.65. The number of ether oxygens (including phenoxy) is 1. The highest BCUT2D eigenvalue weighted by molar-refractivity contribution is 6.34. The molecule has 0 spiro atoms. The number of nitrogens with one attached hydrogen (secondary N) is 1. The number of nitrogens with zero attached hydrogens (tertiary/aromatic N) is 3. The van der Waals surface area contributed by atoms with Crippen LogP contribution in [-0.4, -0.2) is 40.0 Å². The summed E-state index contributed by atoms with van der Waals surface area (Å²) >= 11 is 6.07. The van der Waals surface area contributed by atoms with Gasteiger partial charge in [0.15, 0.2) is 5.15 Å². The van der Waals surface area contributed by atoms with Crippen molar-refractivity contribution < 1.29 is 17.9 Å². The molecule has 2 aromatic heterocycles. The van der Waals surface area contributed by atoms with Crippen LogP contribution in [0.25, 0.3) is 21.9 Å². The number of hydrogen-bond donors (Lipinski definition) is 1. The molecule has 0 aliphatic carbocycles. The second kappa shape index (κ2) is 6.12. The molecular weight excluding hydrogens is 357 g/mol. The minimum Gasteiger partial charge on any atom is -0.378 e. The quantitative estimate of drug-likeness (QED) is 0.716. The van der Waals surface area contributed by atoms with Gasteiger partial charge >= 0.3 is 6.18 Å². The fourth-order valence-electron chi connectivity index (χ4n) is 2.99. The Hall–Kier alpha value is -1.90. The molecule has 0 radical (unpaired) electrons. The van der Waals surface area contributed by atoms with Gasteiger partial charge in [-0.3, -0.25) is 0 Å². The SMILES string of the molecule is FC(F)(F)Cn1c2ccc(CNC3COC3)cc2c2ncnc(Cl)c21. The molecule has 4 rings (SSSR count). The molecule has 0 atom stereocenters. The summed E-state index contributed by atoms with van der Waals surface area (Å²) in [6.45, 7) is 0.817. The van der Waals surface area contributed by atoms with Gasteiger partial charge in [0.2, 0.25) is 0 Å². The van der Waals surface area contributed by atoms with Crippen LogP contribution in [0.15, 0.2) is 24.5 Å². The Balaban J connectivity index is 1.81. The first kappa shape index (κ1) is 16.6. The smallest absolute Gasteiger partial charge is 0.378 e. The average molecular weight is 371 g/mol. The molecule has 0 amide bonds. The standard InChI is InChI=1S/C16H14ClF3N4O/c17-15-14-13(22-8-23-15)11-3-9(4-21-10-5-25-6-10)1-2-12(11)24(14)7-16(18,19)20/h1-3,8,10,21H,4-7H2. The Morgan fingerprint density at radius 2 is 2.08 bits per heavy atom. The maximum absolute atomic E-state index is 13.0. The number of aromatic nitrogens is 3. The van der Waals surface area contributed by atoms with Gasteiger partial charge in [-0.2, -0.15) is 13.2 Å². The number of hydrogen-bond acceptors (Lipinski definition) is 4. The minimum absolute atomic E-state index is 0.0109. The summed E-state index contributed by atoms with van der Waals surface area (Å²) in [6.07, 6.45) is -3.11. The fraction of sp³-hybridized carbons (Fsp3) is 0.375. The van der Waals surface area contributed by atoms with Crippen molar-refractivity contribution in [2.45, 2.75) is 25.3 Å². The highest BCUT2D eigenvalue weighted by Crippen LogP contribution is 2.34. The Labute approximate surface area is 145 Å². The van der Waals surface area contributed by atoms with Crippen molar-refractivity contribution in [3.63, 3.8) is 0 Å². The third-order valence-electron chi connectivity index (χ3n) is 4.22. The van der Waals surface area contributed by atoms with E-state index in [1.807, 2.05) is 12.1 Å². The molecule has 5 nitrogen and oxygen atoms in total. The molecule has 25 heavy (non-hydrogen) atoms. The van der Waals surface area contributed by atoms with Gasteiger partial charge < -0.3 is 14.6 Å². The highest BCUT2D eigenvalue weighted by atomic mass is 35.5. The van der Waals surface area contributed by atoms with Gasteiger partial charge in [-0.15, -0.1) is 0 Å². The number of alkyl halides is 3. The Morgan fingerprint density at radius 1 is 1.28 bits per heavy atom. The second-order valence-corrected chi connectivity index (χ2v) is 6.39. The number of benzene rings is 1. The van der Waals surface area contributed by atoms with Crippen molar-refractivity contribution in [1.29, 1.82) is 0 Å². The summed E-state index contributed by atoms with van der Waals surface area (Å²) in [4.78, 5) is 7.99. The van der Waals surface area contributed by atoms with E-state index >= 15 is 0 Å². The number of rotatable bonds is 4. The van der Waals surface area contributed by atoms with Crippen LogP contribution < -0.4 is 5.32 Å². The zero-order valence-electron chi connectivity index (χ0n) is 13.0. The zero-order valence-corrected chi connectivity index (χ0v) is 13.7. The van der Waals surface area contributed by atoms with Crippen LogP contribution in [0.2, 0.25) is 5.15 Å². The van der Waals surface area contributed by atoms with E-state index in [1.54, 1.807) is 6.07 Å². The van der Waals surface area contributed by atoms with Crippen molar-refractivity contribution in [2.75, 3.05) is 13.2 Å². The molecule has 1 N–H and O–H groups in total. The molecule has 0 unspecified atom stereocenters. The molecule has 1 aromatic carbocycles. The van der Waals surface area contributed by atoms with Crippen LogP contribution in [0.4, 0.5) is 13.2 Å². The Morgan fingerprint density at radius 3 is 2.76 bits per heavy atom. The maximum Gasteiger partial charge on any atom is 0.406 e. The summed E-state index contributed by atoms with van der Waals surface area (Å²) in [5.74, 6) is 0. The van der Waals surface area contributed by atoms with Crippen LogP contribution in [0.3, 0.4) is 0 Å². The zero-order chi connectivity index (χ0) is 17.6. The largest absolute Gasteiger partial charge is 0.406 e. The maximum atomic E-state index is 13.0. The molecule has 132 valence electrons. The summed E-state index contributed by atoms with van der Waals surface area (Å²) in [7, 11) is 0. The lowest BCUT2D eigenvalue weighted by Gasteiger charge is -2.27. The van der Waals surface area contributed by atoms with Crippen LogP contribution in [-0.2, 0) is 17.8 Å². The number of fused-ring (bicyclic) bond motifs is 3. The second-order valence-electron chi connectivity index (χ2n) is 6.03. The summed E-state index contributed by atoms with van der Waals surface area (Å²) in [5, 5.41) is 3.98. The van der Waals surface area contributed by atoms with E-state index in [0.717, 1.165) is 10.1 Å². The molecular formula is C16H14ClF3N4O. The van der Waals surface area contributed by atoms with E-state index in [9.17, 15) is 13.2 Å². The van der Waals surface area contributed by atoms with E-state index in [1.165, 1.54) is 6.33 Å². The van der Waals surface area contributed by atoms with Gasteiger partial charge in [0.1, 0.15) is 23.9 Å². The average Bonchev–Trinajstić information content (AvgIpc) is 2.79. The van der Waals surface area contributed by atoms with Crippen molar-refractivity contribution in [2.24, 2.45) is 0 Å². The van der Waals surface area contributed by atoms with Crippen molar-refractivity contribution in [1.82, 2.24) is 19.9 Å². The van der Waals surface area contributed by atoms with Crippen molar-refractivity contribution in [3.8, 4) is 0 Å². The number of halogens is 4. The van der Waals surface area contributed by atoms with Crippen LogP contribution in [0.5, 0.6) is 0 Å². The molecule has 9 heteroatoms. The topological polar surface area (TPSA) is 52.0 Å². The molecule has 0 saturated carbocycles. The van der Waals surface area contributed by atoms with Gasteiger partial charge in [0.25, 0.3) is 0 Å². The lowest BCUT2D eigenvalue weighted by Crippen LogP contribution is -2.45. The monoisotopic (exact) mass is 370 g/mol. The lowest BCUT2D eigenvalue weighted by atomic mass is 10.1. The fourth-order valence-corrected chi connectivity index (χ4v) is 3.23. The molecule has 1 aliphatic heterocycles. The first-order chi connectivity index (χ1) is 11.9. The summed E-state index contributed by atoms with van der Waals surface area (Å²) in [5.41, 5.74) is 2.02. The van der Waals surface area contributed by atoms with Crippen molar-refractivity contribution >= 4 is 33.5 Å². The Kier molecular flexibility index (Phi) is 4.05. The van der Waals surface area contributed by atoms with Gasteiger partial charge in [0, 0.05) is 11.9 Å². The molecule has 3 aromatic rings. The minimum atomic E-state index is -4.37. The first-order valence-corrected chi connectivity index (χ1v) is 8.09. The van der Waals surface area contributed by atoms with Gasteiger partial charge in [-0.05, 0) is 17.7 Å². The lowest BCUT2D eigenvalue weighted by molar-refractivity contribution is -0.139. The summed E-state index contributed by atoms with van der Waals surface area (Å²) < 4.78 is 45.3. The van der Waals surface area contributed by atoms with E-state index < -0.39 is 12.7 Å². The van der Waals surface area contributed by atoms with E-state index in [0.29, 0.717) is 42.2 Å². The van der Waals surface area contributed by atoms with Crippen molar-refractivity contribution in [3.05, 3.63) is 35.2 Å². The predicted molar refractivity (Wildman–Crippen MR) is 87.5 cm³/mol. The van der Waals surface area contributed by atoms with Gasteiger partial charge in [-0.1, -0.05) is 17.7 Å². The van der Waals surface area contributed by atoms with Crippen LogP contribution in [0, 0.1) is 0 Å². The molecule has 1 fully saturated rings.